The molecule has 3 atom stereocenters. The Bertz CT molecular complexity index is 592. The highest BCUT2D eigenvalue weighted by Crippen LogP contribution is 2.34. The fraction of sp³-hybridized carbons (Fsp3) is 0.556. The van der Waals surface area contributed by atoms with E-state index in [9.17, 15) is 9.59 Å². The van der Waals surface area contributed by atoms with Crippen LogP contribution in [0.4, 0.5) is 0 Å². The van der Waals surface area contributed by atoms with Crippen molar-refractivity contribution in [3.05, 3.63) is 35.4 Å². The number of amides is 2. The lowest BCUT2D eigenvalue weighted by Crippen LogP contribution is -2.43. The van der Waals surface area contributed by atoms with Gasteiger partial charge in [-0.25, -0.2) is 0 Å². The topological polar surface area (TPSA) is 40.6 Å². The van der Waals surface area contributed by atoms with Crippen LogP contribution in [-0.4, -0.2) is 46.8 Å². The number of carbonyl (C=O) groups excluding carboxylic acids is 2. The van der Waals surface area contributed by atoms with Gasteiger partial charge in [-0.2, -0.15) is 0 Å². The standard InChI is InChI=1S/C18H22N2O2/c1-12-5-4-8-16(12)19-10-9-13(11-19)20-17(21)14-6-2-3-7-15(14)18(20)22/h2-3,6-7,12-13,16H,4-5,8-11H2,1H3/t12?,13-,16?/m0/s1. The molecule has 1 aromatic carbocycles. The van der Waals surface area contributed by atoms with Crippen molar-refractivity contribution in [1.82, 2.24) is 9.80 Å². The summed E-state index contributed by atoms with van der Waals surface area (Å²) in [5.41, 5.74) is 1.14. The highest BCUT2D eigenvalue weighted by Gasteiger charge is 2.43. The summed E-state index contributed by atoms with van der Waals surface area (Å²) in [6.45, 7) is 4.18. The van der Waals surface area contributed by atoms with E-state index < -0.39 is 0 Å². The number of likely N-dealkylation sites (tertiary alicyclic amines) is 1. The average Bonchev–Trinajstić information content (AvgIpc) is 3.20. The summed E-state index contributed by atoms with van der Waals surface area (Å²) in [5, 5.41) is 0. The van der Waals surface area contributed by atoms with E-state index in [0.717, 1.165) is 25.4 Å². The maximum Gasteiger partial charge on any atom is 0.261 e. The van der Waals surface area contributed by atoms with E-state index in [1.807, 2.05) is 12.1 Å². The van der Waals surface area contributed by atoms with Gasteiger partial charge < -0.3 is 0 Å². The zero-order valence-electron chi connectivity index (χ0n) is 13.0. The Morgan fingerprint density at radius 3 is 2.27 bits per heavy atom. The molecule has 4 nitrogen and oxygen atoms in total. The summed E-state index contributed by atoms with van der Waals surface area (Å²) in [5.74, 6) is 0.528. The van der Waals surface area contributed by atoms with Crippen LogP contribution in [0.2, 0.25) is 0 Å². The van der Waals surface area contributed by atoms with Crippen molar-refractivity contribution in [3.8, 4) is 0 Å². The molecule has 2 unspecified atom stereocenters. The Kier molecular flexibility index (Phi) is 3.30. The lowest BCUT2D eigenvalue weighted by atomic mass is 10.1. The highest BCUT2D eigenvalue weighted by molar-refractivity contribution is 6.21. The fourth-order valence-corrected chi connectivity index (χ4v) is 4.49. The molecule has 0 bridgehead atoms. The zero-order valence-corrected chi connectivity index (χ0v) is 13.0. The van der Waals surface area contributed by atoms with Gasteiger partial charge in [0.2, 0.25) is 0 Å². The van der Waals surface area contributed by atoms with Crippen LogP contribution in [0.3, 0.4) is 0 Å². The number of hydrogen-bond donors (Lipinski definition) is 0. The first-order valence-corrected chi connectivity index (χ1v) is 8.38. The first-order valence-electron chi connectivity index (χ1n) is 8.38. The van der Waals surface area contributed by atoms with E-state index in [1.165, 1.54) is 24.2 Å². The molecule has 1 saturated heterocycles. The lowest BCUT2D eigenvalue weighted by molar-refractivity contribution is 0.0581. The Morgan fingerprint density at radius 2 is 1.68 bits per heavy atom. The third-order valence-corrected chi connectivity index (χ3v) is 5.67. The van der Waals surface area contributed by atoms with Gasteiger partial charge in [0.15, 0.2) is 0 Å². The number of hydrogen-bond acceptors (Lipinski definition) is 3. The van der Waals surface area contributed by atoms with Crippen molar-refractivity contribution in [2.75, 3.05) is 13.1 Å². The quantitative estimate of drug-likeness (QED) is 0.788. The summed E-state index contributed by atoms with van der Waals surface area (Å²) in [7, 11) is 0. The third-order valence-electron chi connectivity index (χ3n) is 5.67. The van der Waals surface area contributed by atoms with Crippen LogP contribution in [0.15, 0.2) is 24.3 Å². The first-order chi connectivity index (χ1) is 10.7. The molecule has 1 aromatic rings. The van der Waals surface area contributed by atoms with Gasteiger partial charge in [0.05, 0.1) is 17.2 Å². The molecule has 4 rings (SSSR count). The maximum absolute atomic E-state index is 12.6. The van der Waals surface area contributed by atoms with Crippen molar-refractivity contribution in [3.63, 3.8) is 0 Å². The van der Waals surface area contributed by atoms with Crippen molar-refractivity contribution in [2.24, 2.45) is 5.92 Å². The van der Waals surface area contributed by atoms with Gasteiger partial charge >= 0.3 is 0 Å². The third kappa shape index (κ3) is 2.01. The second-order valence-corrected chi connectivity index (χ2v) is 6.94. The molecule has 1 saturated carbocycles. The van der Waals surface area contributed by atoms with E-state index in [1.54, 1.807) is 12.1 Å². The molecule has 1 aliphatic carbocycles. The summed E-state index contributed by atoms with van der Waals surface area (Å²) in [6, 6.07) is 7.87. The van der Waals surface area contributed by atoms with Gasteiger partial charge in [-0.15, -0.1) is 0 Å². The summed E-state index contributed by atoms with van der Waals surface area (Å²) < 4.78 is 0. The normalized spacial score (nSPS) is 32.0. The predicted molar refractivity (Wildman–Crippen MR) is 83.7 cm³/mol. The van der Waals surface area contributed by atoms with Crippen molar-refractivity contribution in [2.45, 2.75) is 44.7 Å². The molecule has 2 amide bonds. The number of nitrogens with zero attached hydrogens (tertiary/aromatic N) is 2. The Balaban J connectivity index is 1.53. The molecule has 2 heterocycles. The zero-order chi connectivity index (χ0) is 15.3. The lowest BCUT2D eigenvalue weighted by Gasteiger charge is -2.28. The first kappa shape index (κ1) is 13.9. The van der Waals surface area contributed by atoms with Crippen molar-refractivity contribution >= 4 is 11.8 Å². The van der Waals surface area contributed by atoms with Crippen molar-refractivity contribution < 1.29 is 9.59 Å². The van der Waals surface area contributed by atoms with Crippen LogP contribution in [0.1, 0.15) is 53.3 Å². The van der Waals surface area contributed by atoms with Gasteiger partial charge in [0, 0.05) is 19.1 Å². The summed E-state index contributed by atoms with van der Waals surface area (Å²) in [6.07, 6.45) is 4.78. The number of fused-ring (bicyclic) bond motifs is 1. The van der Waals surface area contributed by atoms with Gasteiger partial charge in [0.25, 0.3) is 11.8 Å². The van der Waals surface area contributed by atoms with Crippen LogP contribution < -0.4 is 0 Å². The van der Waals surface area contributed by atoms with Crippen molar-refractivity contribution in [1.29, 1.82) is 0 Å². The Morgan fingerprint density at radius 1 is 1.00 bits per heavy atom. The highest BCUT2D eigenvalue weighted by atomic mass is 16.2. The molecule has 22 heavy (non-hydrogen) atoms. The maximum atomic E-state index is 12.6. The summed E-state index contributed by atoms with van der Waals surface area (Å²) >= 11 is 0. The monoisotopic (exact) mass is 298 g/mol. The molecule has 2 aliphatic heterocycles. The minimum Gasteiger partial charge on any atom is -0.298 e. The smallest absolute Gasteiger partial charge is 0.261 e. The van der Waals surface area contributed by atoms with Crippen LogP contribution in [0.25, 0.3) is 0 Å². The van der Waals surface area contributed by atoms with Gasteiger partial charge in [-0.3, -0.25) is 19.4 Å². The average molecular weight is 298 g/mol. The van der Waals surface area contributed by atoms with Crippen LogP contribution in [0, 0.1) is 5.92 Å². The second kappa shape index (κ2) is 5.20. The Hall–Kier alpha value is -1.68. The van der Waals surface area contributed by atoms with E-state index >= 15 is 0 Å². The number of imide groups is 1. The van der Waals surface area contributed by atoms with E-state index in [2.05, 4.69) is 11.8 Å². The van der Waals surface area contributed by atoms with E-state index in [4.69, 9.17) is 0 Å². The minimum atomic E-state index is -0.105. The number of benzene rings is 1. The summed E-state index contributed by atoms with van der Waals surface area (Å²) in [4.78, 5) is 29.2. The number of rotatable bonds is 2. The molecular weight excluding hydrogens is 276 g/mol. The Labute approximate surface area is 131 Å². The van der Waals surface area contributed by atoms with Crippen LogP contribution in [0.5, 0.6) is 0 Å². The number of carbonyl (C=O) groups is 2. The molecule has 3 aliphatic rings. The van der Waals surface area contributed by atoms with Gasteiger partial charge in [-0.1, -0.05) is 25.5 Å². The van der Waals surface area contributed by atoms with E-state index in [0.29, 0.717) is 17.2 Å². The molecule has 0 radical (unpaired) electrons. The van der Waals surface area contributed by atoms with E-state index in [-0.39, 0.29) is 17.9 Å². The fourth-order valence-electron chi connectivity index (χ4n) is 4.49. The minimum absolute atomic E-state index is 0.0419. The van der Waals surface area contributed by atoms with Gasteiger partial charge in [0.1, 0.15) is 0 Å². The van der Waals surface area contributed by atoms with Crippen LogP contribution >= 0.6 is 0 Å². The predicted octanol–water partition coefficient (Wildman–Crippen LogP) is 2.55. The SMILES string of the molecule is CC1CCCC1N1CC[C@H](N2C(=O)c3ccccc3C2=O)C1. The largest absolute Gasteiger partial charge is 0.298 e. The molecule has 0 aromatic heterocycles. The molecule has 0 N–H and O–H groups in total. The molecule has 0 spiro atoms. The molecule has 4 heteroatoms. The van der Waals surface area contributed by atoms with Crippen LogP contribution in [-0.2, 0) is 0 Å². The molecular formula is C18H22N2O2. The van der Waals surface area contributed by atoms with Gasteiger partial charge in [-0.05, 0) is 37.3 Å². The second-order valence-electron chi connectivity index (χ2n) is 6.94. The molecule has 2 fully saturated rings. The molecule has 116 valence electrons.